The molecule has 0 unspecified atom stereocenters. The van der Waals surface area contributed by atoms with Crippen molar-refractivity contribution < 1.29 is 14.3 Å². The molecule has 2 atom stereocenters. The maximum Gasteiger partial charge on any atom is 0.246 e. The summed E-state index contributed by atoms with van der Waals surface area (Å²) in [5, 5.41) is 6.84. The SMILES string of the molecule is CNCC(=O)N[C@H](C(=O)N1CCC[C@H]1c1nc2c(-c3ccccc3C)nccc2s1)C1CCOCC1. The summed E-state index contributed by atoms with van der Waals surface area (Å²) in [6, 6.07) is 9.57. The van der Waals surface area contributed by atoms with E-state index < -0.39 is 6.04 Å². The molecule has 3 aromatic rings. The second-order valence-corrected chi connectivity index (χ2v) is 10.7. The Morgan fingerprint density at radius 3 is 2.78 bits per heavy atom. The van der Waals surface area contributed by atoms with Gasteiger partial charge in [0.25, 0.3) is 0 Å². The van der Waals surface area contributed by atoms with E-state index >= 15 is 0 Å². The van der Waals surface area contributed by atoms with Gasteiger partial charge in [-0.15, -0.1) is 11.3 Å². The topological polar surface area (TPSA) is 96.5 Å². The van der Waals surface area contributed by atoms with E-state index in [2.05, 4.69) is 34.7 Å². The molecule has 5 rings (SSSR count). The number of carbonyl (C=O) groups is 2. The summed E-state index contributed by atoms with van der Waals surface area (Å²) in [6.07, 6.45) is 5.15. The molecule has 0 bridgehead atoms. The fraction of sp³-hybridized carbons (Fsp3) is 0.481. The Morgan fingerprint density at radius 2 is 2.00 bits per heavy atom. The van der Waals surface area contributed by atoms with E-state index in [0.29, 0.717) is 19.8 Å². The van der Waals surface area contributed by atoms with E-state index in [1.54, 1.807) is 18.4 Å². The molecular weight excluding hydrogens is 474 g/mol. The van der Waals surface area contributed by atoms with Crippen molar-refractivity contribution in [2.75, 3.05) is 33.4 Å². The van der Waals surface area contributed by atoms with E-state index in [9.17, 15) is 9.59 Å². The third-order valence-corrected chi connectivity index (χ3v) is 8.32. The van der Waals surface area contributed by atoms with Crippen molar-refractivity contribution in [3.8, 4) is 11.3 Å². The van der Waals surface area contributed by atoms with Gasteiger partial charge in [0.1, 0.15) is 16.6 Å². The number of likely N-dealkylation sites (tertiary alicyclic amines) is 1. The van der Waals surface area contributed by atoms with Crippen molar-refractivity contribution in [2.24, 2.45) is 5.92 Å². The number of nitrogens with one attached hydrogen (secondary N) is 2. The van der Waals surface area contributed by atoms with Crippen LogP contribution in [0.15, 0.2) is 36.5 Å². The number of aromatic nitrogens is 2. The first-order valence-corrected chi connectivity index (χ1v) is 13.5. The highest BCUT2D eigenvalue weighted by molar-refractivity contribution is 7.18. The standard InChI is InChI=1S/C27H33N5O3S/c1-17-6-3-4-7-19(17)24-25-21(9-12-29-24)36-26(31-25)20-8-5-13-32(20)27(34)23(30-22(33)16-28-2)18-10-14-35-15-11-18/h3-4,6-7,9,12,18,20,23,28H,5,8,10-11,13-16H2,1-2H3,(H,30,33)/t20-,23-/m0/s1. The van der Waals surface area contributed by atoms with Gasteiger partial charge in [0.15, 0.2) is 0 Å². The summed E-state index contributed by atoms with van der Waals surface area (Å²) in [4.78, 5) is 38.1. The normalized spacial score (nSPS) is 19.5. The Bertz CT molecular complexity index is 1240. The summed E-state index contributed by atoms with van der Waals surface area (Å²) in [5.74, 6) is -0.0992. The van der Waals surface area contributed by atoms with Gasteiger partial charge < -0.3 is 20.3 Å². The number of amides is 2. The molecule has 0 radical (unpaired) electrons. The molecule has 1 aromatic carbocycles. The van der Waals surface area contributed by atoms with Crippen LogP contribution in [-0.2, 0) is 14.3 Å². The maximum absolute atomic E-state index is 13.9. The number of hydrogen-bond acceptors (Lipinski definition) is 7. The Hall–Kier alpha value is -2.88. The van der Waals surface area contributed by atoms with Crippen LogP contribution in [0, 0.1) is 12.8 Å². The number of benzene rings is 1. The third kappa shape index (κ3) is 5.00. The van der Waals surface area contributed by atoms with Gasteiger partial charge in [-0.25, -0.2) is 4.98 Å². The second-order valence-electron chi connectivity index (χ2n) is 9.59. The summed E-state index contributed by atoms with van der Waals surface area (Å²) < 4.78 is 6.59. The summed E-state index contributed by atoms with van der Waals surface area (Å²) in [5.41, 5.74) is 3.99. The molecule has 9 heteroatoms. The molecule has 2 N–H and O–H groups in total. The molecule has 2 aromatic heterocycles. The zero-order valence-corrected chi connectivity index (χ0v) is 21.6. The molecule has 0 spiro atoms. The van der Waals surface area contributed by atoms with Gasteiger partial charge in [-0.05, 0) is 57.2 Å². The van der Waals surface area contributed by atoms with Crippen molar-refractivity contribution >= 4 is 33.4 Å². The van der Waals surface area contributed by atoms with E-state index in [0.717, 1.165) is 57.7 Å². The smallest absolute Gasteiger partial charge is 0.246 e. The molecule has 190 valence electrons. The fourth-order valence-electron chi connectivity index (χ4n) is 5.33. The quantitative estimate of drug-likeness (QED) is 0.509. The number of ether oxygens (including phenoxy) is 1. The van der Waals surface area contributed by atoms with Gasteiger partial charge in [0, 0.05) is 31.5 Å². The van der Waals surface area contributed by atoms with Crippen LogP contribution in [0.3, 0.4) is 0 Å². The highest BCUT2D eigenvalue weighted by Gasteiger charge is 2.40. The lowest BCUT2D eigenvalue weighted by Gasteiger charge is -2.34. The van der Waals surface area contributed by atoms with E-state index in [1.165, 1.54) is 0 Å². The van der Waals surface area contributed by atoms with Crippen molar-refractivity contribution in [1.29, 1.82) is 0 Å². The lowest BCUT2D eigenvalue weighted by atomic mass is 9.90. The largest absolute Gasteiger partial charge is 0.381 e. The number of hydrogen-bond donors (Lipinski definition) is 2. The molecule has 2 aliphatic rings. The highest BCUT2D eigenvalue weighted by Crippen LogP contribution is 2.39. The Balaban J connectivity index is 1.45. The first-order chi connectivity index (χ1) is 17.6. The van der Waals surface area contributed by atoms with Crippen LogP contribution in [0.4, 0.5) is 0 Å². The fourth-order valence-corrected chi connectivity index (χ4v) is 6.44. The minimum absolute atomic E-state index is 0.00892. The lowest BCUT2D eigenvalue weighted by Crippen LogP contribution is -2.54. The van der Waals surface area contributed by atoms with Crippen LogP contribution in [0.1, 0.15) is 42.3 Å². The molecule has 2 aliphatic heterocycles. The second kappa shape index (κ2) is 11.0. The maximum atomic E-state index is 13.9. The van der Waals surface area contributed by atoms with Gasteiger partial charge in [0.2, 0.25) is 11.8 Å². The number of rotatable bonds is 7. The van der Waals surface area contributed by atoms with Crippen molar-refractivity contribution in [3.05, 3.63) is 47.1 Å². The van der Waals surface area contributed by atoms with Gasteiger partial charge in [0.05, 0.1) is 23.0 Å². The molecule has 0 saturated carbocycles. The number of thiazole rings is 1. The molecule has 2 saturated heterocycles. The number of aryl methyl sites for hydroxylation is 1. The molecular formula is C27H33N5O3S. The molecule has 2 fully saturated rings. The number of fused-ring (bicyclic) bond motifs is 1. The molecule has 2 amide bonds. The molecule has 4 heterocycles. The Labute approximate surface area is 215 Å². The lowest BCUT2D eigenvalue weighted by molar-refractivity contribution is -0.139. The average Bonchev–Trinajstić information content (AvgIpc) is 3.55. The minimum atomic E-state index is -0.547. The molecule has 0 aliphatic carbocycles. The van der Waals surface area contributed by atoms with E-state index in [1.807, 2.05) is 29.3 Å². The van der Waals surface area contributed by atoms with E-state index in [4.69, 9.17) is 9.72 Å². The highest BCUT2D eigenvalue weighted by atomic mass is 32.1. The van der Waals surface area contributed by atoms with Crippen LogP contribution in [0.5, 0.6) is 0 Å². The van der Waals surface area contributed by atoms with Crippen molar-refractivity contribution in [2.45, 2.75) is 44.7 Å². The Kier molecular flexibility index (Phi) is 7.59. The van der Waals surface area contributed by atoms with Crippen LogP contribution >= 0.6 is 11.3 Å². The van der Waals surface area contributed by atoms with E-state index in [-0.39, 0.29) is 30.3 Å². The van der Waals surface area contributed by atoms with Gasteiger partial charge >= 0.3 is 0 Å². The van der Waals surface area contributed by atoms with Gasteiger partial charge in [-0.3, -0.25) is 14.6 Å². The molecule has 36 heavy (non-hydrogen) atoms. The number of carbonyl (C=O) groups excluding carboxylic acids is 2. The van der Waals surface area contributed by atoms with Gasteiger partial charge in [-0.1, -0.05) is 24.3 Å². The molecule has 8 nitrogen and oxygen atoms in total. The first kappa shape index (κ1) is 24.8. The van der Waals surface area contributed by atoms with Crippen LogP contribution in [0.25, 0.3) is 21.5 Å². The predicted molar refractivity (Wildman–Crippen MR) is 141 cm³/mol. The summed E-state index contributed by atoms with van der Waals surface area (Å²) in [6.45, 7) is 4.17. The minimum Gasteiger partial charge on any atom is -0.381 e. The summed E-state index contributed by atoms with van der Waals surface area (Å²) in [7, 11) is 1.73. The van der Waals surface area contributed by atoms with Crippen LogP contribution in [0.2, 0.25) is 0 Å². The van der Waals surface area contributed by atoms with Crippen molar-refractivity contribution in [1.82, 2.24) is 25.5 Å². The number of nitrogens with zero attached hydrogens (tertiary/aromatic N) is 3. The Morgan fingerprint density at radius 1 is 1.19 bits per heavy atom. The van der Waals surface area contributed by atoms with Crippen molar-refractivity contribution in [3.63, 3.8) is 0 Å². The number of pyridine rings is 1. The van der Waals surface area contributed by atoms with Crippen LogP contribution in [-0.4, -0.2) is 66.1 Å². The summed E-state index contributed by atoms with van der Waals surface area (Å²) >= 11 is 1.64. The third-order valence-electron chi connectivity index (χ3n) is 7.20. The first-order valence-electron chi connectivity index (χ1n) is 12.7. The predicted octanol–water partition coefficient (Wildman–Crippen LogP) is 3.46. The average molecular weight is 508 g/mol. The zero-order valence-electron chi connectivity index (χ0n) is 20.8. The zero-order chi connectivity index (χ0) is 25.1. The van der Waals surface area contributed by atoms with Gasteiger partial charge in [-0.2, -0.15) is 0 Å². The van der Waals surface area contributed by atoms with Crippen LogP contribution < -0.4 is 10.6 Å². The monoisotopic (exact) mass is 507 g/mol. The number of likely N-dealkylation sites (N-methyl/N-ethyl adjacent to an activating group) is 1.